The molecule has 6 heteroatoms. The molecule has 0 aromatic rings. The Labute approximate surface area is 133 Å². The molecule has 20 heavy (non-hydrogen) atoms. The van der Waals surface area contributed by atoms with E-state index in [1.54, 1.807) is 0 Å². The van der Waals surface area contributed by atoms with E-state index >= 15 is 0 Å². The summed E-state index contributed by atoms with van der Waals surface area (Å²) in [6.45, 7) is 2.22. The Morgan fingerprint density at radius 3 is 1.30 bits per heavy atom. The zero-order valence-corrected chi connectivity index (χ0v) is 13.8. The normalized spacial score (nSPS) is 10.3. The van der Waals surface area contributed by atoms with E-state index in [2.05, 4.69) is 10.6 Å². The number of aliphatic hydroxyl groups excluding tert-OH is 2. The van der Waals surface area contributed by atoms with Crippen molar-refractivity contribution in [2.75, 3.05) is 26.3 Å². The van der Waals surface area contributed by atoms with Crippen LogP contribution in [0, 0.1) is 0 Å². The molecule has 0 fully saturated rings. The molecule has 0 atom stereocenters. The zero-order valence-electron chi connectivity index (χ0n) is 12.2. The molecule has 0 amide bonds. The number of unbranched alkanes of at least 4 members (excludes halogenated alkanes) is 6. The van der Waals surface area contributed by atoms with Crippen molar-refractivity contribution < 1.29 is 10.2 Å². The third-order valence-corrected chi connectivity index (χ3v) is 3.77. The first-order valence-electron chi connectivity index (χ1n) is 7.50. The predicted octanol–water partition coefficient (Wildman–Crippen LogP) is 1.93. The minimum Gasteiger partial charge on any atom is -0.396 e. The first kappa shape index (κ1) is 19.7. The Kier molecular flexibility index (Phi) is 14.9. The van der Waals surface area contributed by atoms with Crippen LogP contribution < -0.4 is 10.6 Å². The summed E-state index contributed by atoms with van der Waals surface area (Å²) in [5.41, 5.74) is 0. The molecule has 0 aliphatic carbocycles. The molecule has 0 spiro atoms. The van der Waals surface area contributed by atoms with Gasteiger partial charge in [-0.2, -0.15) is 0 Å². The van der Waals surface area contributed by atoms with E-state index in [9.17, 15) is 0 Å². The quantitative estimate of drug-likeness (QED) is 0.325. The monoisotopic (exact) mass is 320 g/mol. The van der Waals surface area contributed by atoms with Crippen LogP contribution in [0.1, 0.15) is 51.4 Å². The SMILES string of the molecule is OCCCCCCNC(=S)C(=S)NCCCCCCO. The standard InChI is InChI=1S/C14H28N2O2S2/c17-11-7-3-1-5-9-15-13(19)14(20)16-10-6-2-4-8-12-18/h17-18H,1-12H2,(H,15,19)(H,16,20). The van der Waals surface area contributed by atoms with E-state index in [1.807, 2.05) is 0 Å². The van der Waals surface area contributed by atoms with E-state index in [0.717, 1.165) is 64.5 Å². The minimum absolute atomic E-state index is 0.276. The van der Waals surface area contributed by atoms with Crippen LogP contribution >= 0.6 is 24.4 Å². The molecule has 0 aromatic carbocycles. The van der Waals surface area contributed by atoms with Gasteiger partial charge in [-0.3, -0.25) is 0 Å². The molecule has 0 aliphatic heterocycles. The molecule has 0 aliphatic rings. The number of hydrogen-bond acceptors (Lipinski definition) is 4. The van der Waals surface area contributed by atoms with E-state index in [1.165, 1.54) is 0 Å². The molecular weight excluding hydrogens is 292 g/mol. The third-order valence-electron chi connectivity index (χ3n) is 2.95. The summed E-state index contributed by atoms with van der Waals surface area (Å²) in [5.74, 6) is 0. The van der Waals surface area contributed by atoms with E-state index < -0.39 is 0 Å². The Hall–Kier alpha value is -0.300. The van der Waals surface area contributed by atoms with Gasteiger partial charge in [0.15, 0.2) is 0 Å². The maximum Gasteiger partial charge on any atom is 0.134 e. The van der Waals surface area contributed by atoms with Crippen LogP contribution in [0.5, 0.6) is 0 Å². The van der Waals surface area contributed by atoms with E-state index in [4.69, 9.17) is 34.6 Å². The molecule has 0 rings (SSSR count). The van der Waals surface area contributed by atoms with Crippen LogP contribution in [0.25, 0.3) is 0 Å². The average Bonchev–Trinajstić information content (AvgIpc) is 2.45. The molecule has 0 heterocycles. The summed E-state index contributed by atoms with van der Waals surface area (Å²) in [5, 5.41) is 23.6. The van der Waals surface area contributed by atoms with Crippen molar-refractivity contribution in [2.45, 2.75) is 51.4 Å². The van der Waals surface area contributed by atoms with Crippen LogP contribution in [0.4, 0.5) is 0 Å². The Bertz CT molecular complexity index is 238. The fourth-order valence-corrected chi connectivity index (χ4v) is 2.09. The summed E-state index contributed by atoms with van der Waals surface area (Å²) in [6.07, 6.45) is 8.15. The number of aliphatic hydroxyl groups is 2. The van der Waals surface area contributed by atoms with Gasteiger partial charge in [0, 0.05) is 26.3 Å². The largest absolute Gasteiger partial charge is 0.396 e. The first-order valence-corrected chi connectivity index (χ1v) is 8.31. The molecule has 0 aromatic heterocycles. The summed E-state index contributed by atoms with van der Waals surface area (Å²) in [4.78, 5) is 1.25. The first-order chi connectivity index (χ1) is 9.72. The molecule has 118 valence electrons. The second-order valence-corrected chi connectivity index (χ2v) is 5.60. The van der Waals surface area contributed by atoms with Gasteiger partial charge < -0.3 is 20.8 Å². The molecule has 4 nitrogen and oxygen atoms in total. The lowest BCUT2D eigenvalue weighted by atomic mass is 10.2. The molecule has 0 bridgehead atoms. The molecule has 0 saturated heterocycles. The van der Waals surface area contributed by atoms with Crippen molar-refractivity contribution in [3.8, 4) is 0 Å². The van der Waals surface area contributed by atoms with Gasteiger partial charge in [-0.1, -0.05) is 50.1 Å². The fourth-order valence-electron chi connectivity index (χ4n) is 1.75. The highest BCUT2D eigenvalue weighted by Crippen LogP contribution is 1.98. The zero-order chi connectivity index (χ0) is 15.1. The number of thiocarbonyl (C=S) groups is 2. The van der Waals surface area contributed by atoms with Gasteiger partial charge in [0.2, 0.25) is 0 Å². The van der Waals surface area contributed by atoms with Crippen LogP contribution in [-0.2, 0) is 0 Å². The van der Waals surface area contributed by atoms with Gasteiger partial charge in [0.25, 0.3) is 0 Å². The highest BCUT2D eigenvalue weighted by atomic mass is 32.1. The van der Waals surface area contributed by atoms with Crippen LogP contribution in [0.15, 0.2) is 0 Å². The fraction of sp³-hybridized carbons (Fsp3) is 0.857. The van der Waals surface area contributed by atoms with Crippen LogP contribution in [0.3, 0.4) is 0 Å². The Morgan fingerprint density at radius 2 is 0.950 bits per heavy atom. The number of nitrogens with one attached hydrogen (secondary N) is 2. The Morgan fingerprint density at radius 1 is 0.600 bits per heavy atom. The maximum atomic E-state index is 8.66. The van der Waals surface area contributed by atoms with Crippen molar-refractivity contribution >= 4 is 34.4 Å². The van der Waals surface area contributed by atoms with Crippen molar-refractivity contribution in [1.82, 2.24) is 10.6 Å². The van der Waals surface area contributed by atoms with Gasteiger partial charge in [0.05, 0.1) is 0 Å². The van der Waals surface area contributed by atoms with Gasteiger partial charge in [-0.05, 0) is 25.7 Å². The second kappa shape index (κ2) is 15.1. The molecule has 0 saturated carbocycles. The molecule has 0 radical (unpaired) electrons. The van der Waals surface area contributed by atoms with Crippen LogP contribution in [0.2, 0.25) is 0 Å². The van der Waals surface area contributed by atoms with Gasteiger partial charge in [-0.15, -0.1) is 0 Å². The highest BCUT2D eigenvalue weighted by Gasteiger charge is 2.02. The summed E-state index contributed by atoms with van der Waals surface area (Å²) in [7, 11) is 0. The van der Waals surface area contributed by atoms with Gasteiger partial charge >= 0.3 is 0 Å². The summed E-state index contributed by atoms with van der Waals surface area (Å²) in [6, 6.07) is 0. The highest BCUT2D eigenvalue weighted by molar-refractivity contribution is 7.89. The van der Waals surface area contributed by atoms with Crippen molar-refractivity contribution in [3.05, 3.63) is 0 Å². The van der Waals surface area contributed by atoms with Crippen LogP contribution in [-0.4, -0.2) is 46.5 Å². The molecule has 4 N–H and O–H groups in total. The van der Waals surface area contributed by atoms with E-state index in [-0.39, 0.29) is 13.2 Å². The van der Waals surface area contributed by atoms with Crippen molar-refractivity contribution in [3.63, 3.8) is 0 Å². The summed E-state index contributed by atoms with van der Waals surface area (Å²) >= 11 is 10.4. The maximum absolute atomic E-state index is 8.66. The number of rotatable bonds is 12. The lowest BCUT2D eigenvalue weighted by Gasteiger charge is -2.11. The average molecular weight is 321 g/mol. The smallest absolute Gasteiger partial charge is 0.134 e. The Balaban J connectivity index is 3.40. The topological polar surface area (TPSA) is 64.5 Å². The molecule has 0 unspecified atom stereocenters. The lowest BCUT2D eigenvalue weighted by molar-refractivity contribution is 0.282. The lowest BCUT2D eigenvalue weighted by Crippen LogP contribution is -2.38. The van der Waals surface area contributed by atoms with Gasteiger partial charge in [-0.25, -0.2) is 0 Å². The molecular formula is C14H28N2O2S2. The van der Waals surface area contributed by atoms with Gasteiger partial charge in [0.1, 0.15) is 9.98 Å². The van der Waals surface area contributed by atoms with E-state index in [0.29, 0.717) is 9.98 Å². The predicted molar refractivity (Wildman–Crippen MR) is 92.3 cm³/mol. The second-order valence-electron chi connectivity index (χ2n) is 4.79. The third kappa shape index (κ3) is 12.7. The van der Waals surface area contributed by atoms with Crippen molar-refractivity contribution in [1.29, 1.82) is 0 Å². The number of hydrogen-bond donors (Lipinski definition) is 4. The summed E-state index contributed by atoms with van der Waals surface area (Å²) < 4.78 is 0. The van der Waals surface area contributed by atoms with Crippen molar-refractivity contribution in [2.24, 2.45) is 0 Å². The minimum atomic E-state index is 0.276.